The second-order valence-electron chi connectivity index (χ2n) is 7.65. The number of hydrogen-bond donors (Lipinski definition) is 2. The molecule has 0 spiro atoms. The van der Waals surface area contributed by atoms with Crippen molar-refractivity contribution in [1.29, 1.82) is 0 Å². The number of amides is 4. The Hall–Kier alpha value is -3.15. The van der Waals surface area contributed by atoms with Crippen molar-refractivity contribution in [3.8, 4) is 5.75 Å². The Morgan fingerprint density at radius 3 is 2.39 bits per heavy atom. The molecule has 1 heterocycles. The third-order valence-corrected chi connectivity index (χ3v) is 7.28. The van der Waals surface area contributed by atoms with Crippen LogP contribution in [0.3, 0.4) is 0 Å². The summed E-state index contributed by atoms with van der Waals surface area (Å²) in [6, 6.07) is 9.68. The van der Waals surface area contributed by atoms with Gasteiger partial charge >= 0.3 is 6.03 Å². The summed E-state index contributed by atoms with van der Waals surface area (Å²) in [4.78, 5) is 38.9. The number of carbonyl (C=O) groups is 3. The van der Waals surface area contributed by atoms with E-state index in [-0.39, 0.29) is 16.3 Å². The maximum Gasteiger partial charge on any atom is 0.325 e. The van der Waals surface area contributed by atoms with Crippen molar-refractivity contribution < 1.29 is 27.5 Å². The molecule has 1 atom stereocenters. The highest BCUT2D eigenvalue weighted by Gasteiger charge is 2.49. The topological polar surface area (TPSA) is 125 Å². The van der Waals surface area contributed by atoms with Crippen LogP contribution in [0.25, 0.3) is 0 Å². The molecule has 1 saturated heterocycles. The van der Waals surface area contributed by atoms with E-state index < -0.39 is 40.0 Å². The second-order valence-corrected chi connectivity index (χ2v) is 10.2. The molecule has 0 saturated carbocycles. The maximum absolute atomic E-state index is 13.0. The summed E-state index contributed by atoms with van der Waals surface area (Å²) < 4.78 is 31.1. The van der Waals surface area contributed by atoms with E-state index in [1.165, 1.54) is 46.3 Å². The highest BCUT2D eigenvalue weighted by Crippen LogP contribution is 2.31. The molecule has 0 bridgehead atoms. The zero-order valence-corrected chi connectivity index (χ0v) is 20.0. The van der Waals surface area contributed by atoms with Gasteiger partial charge in [0.2, 0.25) is 15.9 Å². The first-order chi connectivity index (χ1) is 15.4. The Kier molecular flexibility index (Phi) is 6.68. The fourth-order valence-corrected chi connectivity index (χ4v) is 4.36. The molecule has 4 amide bonds. The lowest BCUT2D eigenvalue weighted by molar-refractivity contribution is -0.133. The quantitative estimate of drug-likeness (QED) is 0.567. The molecule has 0 aliphatic carbocycles. The van der Waals surface area contributed by atoms with Crippen LogP contribution in [0.1, 0.15) is 12.5 Å². The molecule has 1 aliphatic heterocycles. The van der Waals surface area contributed by atoms with Gasteiger partial charge in [-0.3, -0.25) is 14.5 Å². The lowest BCUT2D eigenvalue weighted by atomic mass is 9.92. The van der Waals surface area contributed by atoms with Gasteiger partial charge in [-0.05, 0) is 42.8 Å². The summed E-state index contributed by atoms with van der Waals surface area (Å²) in [6.45, 7) is 0.953. The van der Waals surface area contributed by atoms with Gasteiger partial charge in [0.05, 0.1) is 17.7 Å². The number of anilines is 1. The van der Waals surface area contributed by atoms with Crippen LogP contribution in [0.4, 0.5) is 10.5 Å². The number of imide groups is 1. The third-order valence-electron chi connectivity index (χ3n) is 5.22. The highest BCUT2D eigenvalue weighted by atomic mass is 35.5. The van der Waals surface area contributed by atoms with E-state index in [4.69, 9.17) is 16.3 Å². The van der Waals surface area contributed by atoms with Gasteiger partial charge < -0.3 is 15.4 Å². The van der Waals surface area contributed by atoms with E-state index in [1.54, 1.807) is 24.3 Å². The van der Waals surface area contributed by atoms with Gasteiger partial charge in [-0.25, -0.2) is 17.5 Å². The van der Waals surface area contributed by atoms with Gasteiger partial charge in [-0.2, -0.15) is 0 Å². The number of benzene rings is 2. The smallest absolute Gasteiger partial charge is 0.325 e. The number of methoxy groups -OCH3 is 1. The summed E-state index contributed by atoms with van der Waals surface area (Å²) in [6.07, 6.45) is 0. The summed E-state index contributed by atoms with van der Waals surface area (Å²) >= 11 is 5.90. The first-order valence-corrected chi connectivity index (χ1v) is 11.5. The minimum Gasteiger partial charge on any atom is -0.495 e. The lowest BCUT2D eigenvalue weighted by Gasteiger charge is -2.22. The molecule has 1 fully saturated rings. The number of urea groups is 1. The van der Waals surface area contributed by atoms with Gasteiger partial charge in [0, 0.05) is 19.1 Å². The van der Waals surface area contributed by atoms with Crippen LogP contribution < -0.4 is 15.4 Å². The van der Waals surface area contributed by atoms with Gasteiger partial charge in [-0.1, -0.05) is 23.7 Å². The summed E-state index contributed by atoms with van der Waals surface area (Å²) in [5, 5.41) is 5.60. The molecule has 2 aromatic carbocycles. The number of hydrogen-bond acceptors (Lipinski definition) is 6. The normalized spacial score (nSPS) is 18.4. The molecular formula is C21H23ClN4O6S. The summed E-state index contributed by atoms with van der Waals surface area (Å²) in [7, 11) is 0.365. The first kappa shape index (κ1) is 24.5. The molecule has 33 heavy (non-hydrogen) atoms. The van der Waals surface area contributed by atoms with E-state index in [0.717, 1.165) is 9.21 Å². The molecule has 1 unspecified atom stereocenters. The van der Waals surface area contributed by atoms with Crippen molar-refractivity contribution in [2.75, 3.05) is 33.1 Å². The number of halogens is 1. The molecule has 0 radical (unpaired) electrons. The number of rotatable bonds is 7. The molecule has 2 N–H and O–H groups in total. The SMILES string of the molecule is COc1ccc(S(=O)(=O)N(C)C)cc1NC(=O)CN1C(=O)NC(C)(c2ccc(Cl)cc2)C1=O. The second kappa shape index (κ2) is 9.00. The van der Waals surface area contributed by atoms with E-state index in [0.29, 0.717) is 10.6 Å². The average molecular weight is 495 g/mol. The monoisotopic (exact) mass is 494 g/mol. The van der Waals surface area contributed by atoms with Crippen molar-refractivity contribution in [2.45, 2.75) is 17.4 Å². The zero-order chi connectivity index (χ0) is 24.6. The molecule has 1 aliphatic rings. The predicted molar refractivity (Wildman–Crippen MR) is 122 cm³/mol. The zero-order valence-electron chi connectivity index (χ0n) is 18.4. The predicted octanol–water partition coefficient (Wildman–Crippen LogP) is 2.00. The van der Waals surface area contributed by atoms with Gasteiger partial charge in [0.1, 0.15) is 17.8 Å². The Bertz CT molecular complexity index is 1220. The van der Waals surface area contributed by atoms with Crippen LogP contribution in [0, 0.1) is 0 Å². The van der Waals surface area contributed by atoms with E-state index in [1.807, 2.05) is 0 Å². The van der Waals surface area contributed by atoms with Crippen molar-refractivity contribution in [1.82, 2.24) is 14.5 Å². The molecule has 12 heteroatoms. The first-order valence-electron chi connectivity index (χ1n) is 9.70. The Morgan fingerprint density at radius 1 is 1.18 bits per heavy atom. The van der Waals surface area contributed by atoms with Gasteiger partial charge in [-0.15, -0.1) is 0 Å². The van der Waals surface area contributed by atoms with Crippen LogP contribution in [0.2, 0.25) is 5.02 Å². The van der Waals surface area contributed by atoms with Crippen LogP contribution in [-0.2, 0) is 25.2 Å². The minimum absolute atomic E-state index is 0.0612. The van der Waals surface area contributed by atoms with Crippen LogP contribution in [0.5, 0.6) is 5.75 Å². The number of carbonyl (C=O) groups excluding carboxylic acids is 3. The molecule has 2 aromatic rings. The van der Waals surface area contributed by atoms with Crippen molar-refractivity contribution in [3.63, 3.8) is 0 Å². The molecule has 10 nitrogen and oxygen atoms in total. The Balaban J connectivity index is 1.81. The number of sulfonamides is 1. The van der Waals surface area contributed by atoms with Crippen molar-refractivity contribution >= 4 is 45.2 Å². The minimum atomic E-state index is -3.76. The lowest BCUT2D eigenvalue weighted by Crippen LogP contribution is -2.42. The van der Waals surface area contributed by atoms with Crippen molar-refractivity contribution in [3.05, 3.63) is 53.1 Å². The molecule has 176 valence electrons. The van der Waals surface area contributed by atoms with E-state index in [2.05, 4.69) is 10.6 Å². The van der Waals surface area contributed by atoms with Crippen LogP contribution in [0.15, 0.2) is 47.4 Å². The van der Waals surface area contributed by atoms with Crippen LogP contribution >= 0.6 is 11.6 Å². The molecule has 3 rings (SSSR count). The number of nitrogens with zero attached hydrogens (tertiary/aromatic N) is 2. The van der Waals surface area contributed by atoms with Gasteiger partial charge in [0.15, 0.2) is 0 Å². The van der Waals surface area contributed by atoms with Gasteiger partial charge in [0.25, 0.3) is 5.91 Å². The summed E-state index contributed by atoms with van der Waals surface area (Å²) in [5.74, 6) is -1.11. The number of nitrogens with one attached hydrogen (secondary N) is 2. The van der Waals surface area contributed by atoms with Crippen molar-refractivity contribution in [2.24, 2.45) is 0 Å². The van der Waals surface area contributed by atoms with E-state index in [9.17, 15) is 22.8 Å². The standard InChI is InChI=1S/C21H23ClN4O6S/c1-21(13-5-7-14(22)8-6-13)19(28)26(20(29)24-21)12-18(27)23-16-11-15(9-10-17(16)32-4)33(30,31)25(2)3/h5-11H,12H2,1-4H3,(H,23,27)(H,24,29). The Labute approximate surface area is 196 Å². The van der Waals surface area contributed by atoms with Crippen LogP contribution in [-0.4, -0.2) is 63.2 Å². The fourth-order valence-electron chi connectivity index (χ4n) is 3.31. The Morgan fingerprint density at radius 2 is 1.82 bits per heavy atom. The molecular weight excluding hydrogens is 472 g/mol. The number of ether oxygens (including phenoxy) is 1. The average Bonchev–Trinajstić information content (AvgIpc) is 2.97. The summed E-state index contributed by atoms with van der Waals surface area (Å²) in [5.41, 5.74) is -0.770. The maximum atomic E-state index is 13.0. The fraction of sp³-hybridized carbons (Fsp3) is 0.286. The largest absolute Gasteiger partial charge is 0.495 e. The van der Waals surface area contributed by atoms with E-state index >= 15 is 0 Å². The third kappa shape index (κ3) is 4.65. The molecule has 0 aromatic heterocycles. The highest BCUT2D eigenvalue weighted by molar-refractivity contribution is 7.89.